The Morgan fingerprint density at radius 2 is 2.05 bits per heavy atom. The number of hydrogen-bond acceptors (Lipinski definition) is 3. The van der Waals surface area contributed by atoms with Crippen LogP contribution in [0, 0.1) is 6.92 Å². The second-order valence-electron chi connectivity index (χ2n) is 4.53. The van der Waals surface area contributed by atoms with Crippen LogP contribution < -0.4 is 5.32 Å². The van der Waals surface area contributed by atoms with Gasteiger partial charge < -0.3 is 15.2 Å². The van der Waals surface area contributed by atoms with Gasteiger partial charge in [0, 0.05) is 12.8 Å². The average molecular weight is 265 g/mol. The van der Waals surface area contributed by atoms with E-state index in [0.717, 1.165) is 0 Å². The number of hydrogen-bond donors (Lipinski definition) is 2. The molecule has 0 aliphatic heterocycles. The minimum atomic E-state index is -1.02. The molecule has 1 unspecified atom stereocenters. The Hall–Kier alpha value is -1.88. The lowest BCUT2D eigenvalue weighted by molar-refractivity contribution is -0.136. The Labute approximate surface area is 112 Å². The number of amides is 1. The molecule has 1 aromatic rings. The van der Waals surface area contributed by atoms with Crippen molar-refractivity contribution in [3.8, 4) is 0 Å². The number of carbonyl (C=O) groups excluding carboxylic acids is 1. The molecule has 1 aromatic carbocycles. The van der Waals surface area contributed by atoms with Gasteiger partial charge in [-0.25, -0.2) is 4.79 Å². The van der Waals surface area contributed by atoms with E-state index >= 15 is 0 Å². The quantitative estimate of drug-likeness (QED) is 0.857. The molecule has 1 amide bonds. The second kappa shape index (κ2) is 5.84. The molecule has 0 fully saturated rings. The predicted molar refractivity (Wildman–Crippen MR) is 72.5 cm³/mol. The summed E-state index contributed by atoms with van der Waals surface area (Å²) < 4.78 is 5.21. The molecule has 1 atom stereocenters. The summed E-state index contributed by atoms with van der Waals surface area (Å²) in [5.74, 6) is -1.30. The van der Waals surface area contributed by atoms with E-state index in [1.807, 2.05) is 6.92 Å². The standard InChI is InChI=1S/C14H19NO4/c1-5-14(3,19-4)13(18)15-11-8-6-7-10(9(11)2)12(16)17/h6-8H,5H2,1-4H3,(H,15,18)(H,16,17). The van der Waals surface area contributed by atoms with Crippen molar-refractivity contribution < 1.29 is 19.4 Å². The third-order valence-electron chi connectivity index (χ3n) is 3.42. The van der Waals surface area contributed by atoms with Crippen molar-refractivity contribution in [2.24, 2.45) is 0 Å². The lowest BCUT2D eigenvalue weighted by Gasteiger charge is -2.25. The molecule has 1 rings (SSSR count). The van der Waals surface area contributed by atoms with E-state index in [9.17, 15) is 9.59 Å². The van der Waals surface area contributed by atoms with Gasteiger partial charge in [-0.15, -0.1) is 0 Å². The third kappa shape index (κ3) is 3.12. The summed E-state index contributed by atoms with van der Waals surface area (Å²) in [6, 6.07) is 4.77. The molecule has 5 nitrogen and oxygen atoms in total. The first-order valence-corrected chi connectivity index (χ1v) is 6.05. The SMILES string of the molecule is CCC(C)(OC)C(=O)Nc1cccc(C(=O)O)c1C. The number of carbonyl (C=O) groups is 2. The number of anilines is 1. The lowest BCUT2D eigenvalue weighted by Crippen LogP contribution is -2.41. The summed E-state index contributed by atoms with van der Waals surface area (Å²) in [6.07, 6.45) is 0.521. The first-order valence-electron chi connectivity index (χ1n) is 6.05. The fourth-order valence-corrected chi connectivity index (χ4v) is 1.65. The Balaban J connectivity index is 3.04. The average Bonchev–Trinajstić information content (AvgIpc) is 2.39. The summed E-state index contributed by atoms with van der Waals surface area (Å²) in [5.41, 5.74) is 0.263. The van der Waals surface area contributed by atoms with Crippen molar-refractivity contribution in [1.29, 1.82) is 0 Å². The van der Waals surface area contributed by atoms with Gasteiger partial charge >= 0.3 is 5.97 Å². The Morgan fingerprint density at radius 1 is 1.42 bits per heavy atom. The highest BCUT2D eigenvalue weighted by molar-refractivity contribution is 5.99. The van der Waals surface area contributed by atoms with E-state index in [1.54, 1.807) is 26.0 Å². The van der Waals surface area contributed by atoms with Crippen LogP contribution in [0.5, 0.6) is 0 Å². The molecule has 104 valence electrons. The van der Waals surface area contributed by atoms with Gasteiger partial charge in [-0.2, -0.15) is 0 Å². The molecule has 0 spiro atoms. The summed E-state index contributed by atoms with van der Waals surface area (Å²) in [4.78, 5) is 23.2. The maximum atomic E-state index is 12.1. The fourth-order valence-electron chi connectivity index (χ4n) is 1.65. The van der Waals surface area contributed by atoms with E-state index in [0.29, 0.717) is 17.7 Å². The van der Waals surface area contributed by atoms with E-state index in [4.69, 9.17) is 9.84 Å². The maximum Gasteiger partial charge on any atom is 0.336 e. The minimum absolute atomic E-state index is 0.174. The molecule has 0 bridgehead atoms. The highest BCUT2D eigenvalue weighted by Crippen LogP contribution is 2.22. The maximum absolute atomic E-state index is 12.1. The van der Waals surface area contributed by atoms with Crippen molar-refractivity contribution in [3.05, 3.63) is 29.3 Å². The number of methoxy groups -OCH3 is 1. The van der Waals surface area contributed by atoms with Crippen LogP contribution in [0.1, 0.15) is 36.2 Å². The number of rotatable bonds is 5. The van der Waals surface area contributed by atoms with Crippen LogP contribution in [0.3, 0.4) is 0 Å². The summed E-state index contributed by atoms with van der Waals surface area (Å²) in [7, 11) is 1.48. The Kier molecular flexibility index (Phi) is 4.67. The molecule has 0 aromatic heterocycles. The highest BCUT2D eigenvalue weighted by Gasteiger charge is 2.31. The van der Waals surface area contributed by atoms with Gasteiger partial charge in [-0.1, -0.05) is 13.0 Å². The molecule has 0 aliphatic rings. The highest BCUT2D eigenvalue weighted by atomic mass is 16.5. The van der Waals surface area contributed by atoms with Gasteiger partial charge in [0.2, 0.25) is 0 Å². The van der Waals surface area contributed by atoms with Crippen LogP contribution in [-0.4, -0.2) is 29.7 Å². The number of carboxylic acid groups (broad SMARTS) is 1. The number of carboxylic acids is 1. The summed E-state index contributed by atoms with van der Waals surface area (Å²) in [5, 5.41) is 11.8. The molecule has 0 aliphatic carbocycles. The molecule has 0 heterocycles. The predicted octanol–water partition coefficient (Wildman–Crippen LogP) is 2.45. The van der Waals surface area contributed by atoms with Gasteiger partial charge in [0.05, 0.1) is 5.56 Å². The summed E-state index contributed by atoms with van der Waals surface area (Å²) in [6.45, 7) is 5.21. The van der Waals surface area contributed by atoms with Crippen molar-refractivity contribution in [2.45, 2.75) is 32.8 Å². The Morgan fingerprint density at radius 3 is 2.53 bits per heavy atom. The van der Waals surface area contributed by atoms with Gasteiger partial charge in [0.1, 0.15) is 5.60 Å². The zero-order valence-electron chi connectivity index (χ0n) is 11.6. The van der Waals surface area contributed by atoms with Gasteiger partial charge in [0.25, 0.3) is 5.91 Å². The van der Waals surface area contributed by atoms with Crippen molar-refractivity contribution in [3.63, 3.8) is 0 Å². The minimum Gasteiger partial charge on any atom is -0.478 e. The molecule has 0 saturated heterocycles. The van der Waals surface area contributed by atoms with E-state index in [1.165, 1.54) is 13.2 Å². The van der Waals surface area contributed by atoms with Crippen LogP contribution in [0.2, 0.25) is 0 Å². The van der Waals surface area contributed by atoms with Crippen LogP contribution >= 0.6 is 0 Å². The van der Waals surface area contributed by atoms with Crippen LogP contribution in [0.25, 0.3) is 0 Å². The molecule has 0 saturated carbocycles. The number of benzene rings is 1. The van der Waals surface area contributed by atoms with Gasteiger partial charge in [-0.3, -0.25) is 4.79 Å². The molecular formula is C14H19NO4. The normalized spacial score (nSPS) is 13.7. The molecule has 0 radical (unpaired) electrons. The molecule has 5 heteroatoms. The largest absolute Gasteiger partial charge is 0.478 e. The first-order chi connectivity index (χ1) is 8.85. The molecule has 19 heavy (non-hydrogen) atoms. The van der Waals surface area contributed by atoms with Crippen LogP contribution in [0.15, 0.2) is 18.2 Å². The summed E-state index contributed by atoms with van der Waals surface area (Å²) >= 11 is 0. The Bertz CT molecular complexity index is 492. The smallest absolute Gasteiger partial charge is 0.336 e. The van der Waals surface area contributed by atoms with Crippen molar-refractivity contribution in [1.82, 2.24) is 0 Å². The van der Waals surface area contributed by atoms with E-state index < -0.39 is 11.6 Å². The third-order valence-corrected chi connectivity index (χ3v) is 3.42. The van der Waals surface area contributed by atoms with E-state index in [2.05, 4.69) is 5.32 Å². The topological polar surface area (TPSA) is 75.6 Å². The number of aromatic carboxylic acids is 1. The first kappa shape index (κ1) is 15.2. The zero-order valence-corrected chi connectivity index (χ0v) is 11.6. The van der Waals surface area contributed by atoms with Crippen LogP contribution in [-0.2, 0) is 9.53 Å². The van der Waals surface area contributed by atoms with Gasteiger partial charge in [-0.05, 0) is 38.0 Å². The monoisotopic (exact) mass is 265 g/mol. The lowest BCUT2D eigenvalue weighted by atomic mass is 10.0. The van der Waals surface area contributed by atoms with Crippen LogP contribution in [0.4, 0.5) is 5.69 Å². The van der Waals surface area contributed by atoms with E-state index in [-0.39, 0.29) is 11.5 Å². The van der Waals surface area contributed by atoms with Gasteiger partial charge in [0.15, 0.2) is 0 Å². The second-order valence-corrected chi connectivity index (χ2v) is 4.53. The number of nitrogens with one attached hydrogen (secondary N) is 1. The number of ether oxygens (including phenoxy) is 1. The van der Waals surface area contributed by atoms with Crippen molar-refractivity contribution >= 4 is 17.6 Å². The fraction of sp³-hybridized carbons (Fsp3) is 0.429. The van der Waals surface area contributed by atoms with Crippen molar-refractivity contribution in [2.75, 3.05) is 12.4 Å². The zero-order chi connectivity index (χ0) is 14.6. The molecule has 2 N–H and O–H groups in total. The molecular weight excluding hydrogens is 246 g/mol.